The van der Waals surface area contributed by atoms with Crippen molar-refractivity contribution in [2.24, 2.45) is 5.92 Å². The van der Waals surface area contributed by atoms with E-state index in [1.807, 2.05) is 0 Å². The Morgan fingerprint density at radius 3 is 2.47 bits per heavy atom. The molecule has 0 fully saturated rings. The maximum absolute atomic E-state index is 11.6. The summed E-state index contributed by atoms with van der Waals surface area (Å²) in [5, 5.41) is 10.9. The molecular formula is C13H15NO4S. The second kappa shape index (κ2) is 7.58. The van der Waals surface area contributed by atoms with Gasteiger partial charge in [0.2, 0.25) is 5.91 Å². The molecule has 2 amide bonds. The van der Waals surface area contributed by atoms with Crippen molar-refractivity contribution in [3.05, 3.63) is 35.9 Å². The van der Waals surface area contributed by atoms with Gasteiger partial charge in [0.25, 0.3) is 5.91 Å². The number of hydrogen-bond acceptors (Lipinski definition) is 4. The van der Waals surface area contributed by atoms with Crippen molar-refractivity contribution < 1.29 is 19.5 Å². The van der Waals surface area contributed by atoms with Gasteiger partial charge in [0.1, 0.15) is 0 Å². The normalized spacial score (nSPS) is 11.6. The van der Waals surface area contributed by atoms with E-state index >= 15 is 0 Å². The summed E-state index contributed by atoms with van der Waals surface area (Å²) < 4.78 is 0. The molecule has 1 atom stereocenters. The van der Waals surface area contributed by atoms with E-state index in [0.29, 0.717) is 11.3 Å². The van der Waals surface area contributed by atoms with Crippen molar-refractivity contribution in [1.29, 1.82) is 0 Å². The number of carbonyl (C=O) groups excluding carboxylic acids is 2. The van der Waals surface area contributed by atoms with Gasteiger partial charge >= 0.3 is 5.97 Å². The molecular weight excluding hydrogens is 266 g/mol. The van der Waals surface area contributed by atoms with E-state index in [0.717, 1.165) is 0 Å². The number of thioether (sulfide) groups is 1. The molecule has 0 heterocycles. The highest BCUT2D eigenvalue weighted by Gasteiger charge is 2.13. The number of carboxylic acid groups (broad SMARTS) is 1. The predicted octanol–water partition coefficient (Wildman–Crippen LogP) is 1.40. The lowest BCUT2D eigenvalue weighted by Crippen LogP contribution is -2.32. The summed E-state index contributed by atoms with van der Waals surface area (Å²) in [6.07, 6.45) is 0. The van der Waals surface area contributed by atoms with Crippen molar-refractivity contribution in [3.63, 3.8) is 0 Å². The number of benzene rings is 1. The summed E-state index contributed by atoms with van der Waals surface area (Å²) in [5.41, 5.74) is 0.416. The van der Waals surface area contributed by atoms with Crippen LogP contribution in [0.4, 0.5) is 0 Å². The SMILES string of the molecule is CC(CSCC(=O)NC(=O)c1ccccc1)C(=O)O. The molecule has 0 aliphatic heterocycles. The van der Waals surface area contributed by atoms with E-state index in [1.165, 1.54) is 11.8 Å². The number of aliphatic carboxylic acids is 1. The third kappa shape index (κ3) is 5.56. The van der Waals surface area contributed by atoms with E-state index in [9.17, 15) is 14.4 Å². The average Bonchev–Trinajstić information content (AvgIpc) is 2.39. The van der Waals surface area contributed by atoms with Crippen LogP contribution in [0, 0.1) is 5.92 Å². The fourth-order valence-electron chi connectivity index (χ4n) is 1.22. The molecule has 0 saturated heterocycles. The highest BCUT2D eigenvalue weighted by atomic mass is 32.2. The Hall–Kier alpha value is -1.82. The second-order valence-corrected chi connectivity index (χ2v) is 5.03. The number of carboxylic acids is 1. The van der Waals surface area contributed by atoms with Crippen LogP contribution in [0.25, 0.3) is 0 Å². The van der Waals surface area contributed by atoms with Crippen LogP contribution >= 0.6 is 11.8 Å². The standard InChI is InChI=1S/C13H15NO4S/c1-9(13(17)18)7-19-8-11(15)14-12(16)10-5-3-2-4-6-10/h2-6,9H,7-8H2,1H3,(H,17,18)(H,14,15,16). The molecule has 2 N–H and O–H groups in total. The summed E-state index contributed by atoms with van der Waals surface area (Å²) in [7, 11) is 0. The molecule has 1 unspecified atom stereocenters. The molecule has 102 valence electrons. The zero-order valence-corrected chi connectivity index (χ0v) is 11.3. The fourth-order valence-corrected chi connectivity index (χ4v) is 2.10. The van der Waals surface area contributed by atoms with Gasteiger partial charge in [-0.15, -0.1) is 0 Å². The van der Waals surface area contributed by atoms with Gasteiger partial charge < -0.3 is 5.11 Å². The third-order valence-electron chi connectivity index (χ3n) is 2.31. The van der Waals surface area contributed by atoms with Crippen LogP contribution in [0.1, 0.15) is 17.3 Å². The molecule has 0 aliphatic carbocycles. The maximum Gasteiger partial charge on any atom is 0.307 e. The smallest absolute Gasteiger partial charge is 0.307 e. The molecule has 6 heteroatoms. The first kappa shape index (κ1) is 15.2. The number of nitrogens with one attached hydrogen (secondary N) is 1. The van der Waals surface area contributed by atoms with Crippen LogP contribution in [0.2, 0.25) is 0 Å². The number of rotatable bonds is 6. The molecule has 0 aliphatic rings. The molecule has 1 aromatic carbocycles. The molecule has 0 spiro atoms. The number of carbonyl (C=O) groups is 3. The maximum atomic E-state index is 11.6. The summed E-state index contributed by atoms with van der Waals surface area (Å²) in [5.74, 6) is -1.87. The van der Waals surface area contributed by atoms with Gasteiger partial charge in [-0.1, -0.05) is 25.1 Å². The average molecular weight is 281 g/mol. The summed E-state index contributed by atoms with van der Waals surface area (Å²) in [6.45, 7) is 1.57. The molecule has 1 aromatic rings. The molecule has 19 heavy (non-hydrogen) atoms. The quantitative estimate of drug-likeness (QED) is 0.823. The largest absolute Gasteiger partial charge is 0.481 e. The minimum Gasteiger partial charge on any atom is -0.481 e. The lowest BCUT2D eigenvalue weighted by Gasteiger charge is -2.06. The first-order valence-corrected chi connectivity index (χ1v) is 6.86. The Kier molecular flexibility index (Phi) is 6.08. The van der Waals surface area contributed by atoms with Crippen LogP contribution in [0.5, 0.6) is 0 Å². The highest BCUT2D eigenvalue weighted by Crippen LogP contribution is 2.08. The molecule has 0 radical (unpaired) electrons. The van der Waals surface area contributed by atoms with Crippen LogP contribution in [0.3, 0.4) is 0 Å². The molecule has 0 saturated carbocycles. The van der Waals surface area contributed by atoms with E-state index in [1.54, 1.807) is 37.3 Å². The van der Waals surface area contributed by atoms with E-state index < -0.39 is 23.7 Å². The Balaban J connectivity index is 2.32. The first-order chi connectivity index (χ1) is 9.00. The second-order valence-electron chi connectivity index (χ2n) is 4.00. The van der Waals surface area contributed by atoms with Crippen molar-refractivity contribution in [3.8, 4) is 0 Å². The van der Waals surface area contributed by atoms with Gasteiger partial charge in [-0.3, -0.25) is 19.7 Å². The van der Waals surface area contributed by atoms with Crippen molar-refractivity contribution in [1.82, 2.24) is 5.32 Å². The van der Waals surface area contributed by atoms with Crippen molar-refractivity contribution >= 4 is 29.5 Å². The van der Waals surface area contributed by atoms with Crippen LogP contribution in [0.15, 0.2) is 30.3 Å². The molecule has 0 aromatic heterocycles. The van der Waals surface area contributed by atoms with Crippen molar-refractivity contribution in [2.75, 3.05) is 11.5 Å². The zero-order chi connectivity index (χ0) is 14.3. The van der Waals surface area contributed by atoms with Crippen molar-refractivity contribution in [2.45, 2.75) is 6.92 Å². The Morgan fingerprint density at radius 2 is 1.89 bits per heavy atom. The zero-order valence-electron chi connectivity index (χ0n) is 10.5. The third-order valence-corrected chi connectivity index (χ3v) is 3.51. The summed E-state index contributed by atoms with van der Waals surface area (Å²) in [6, 6.07) is 8.43. The van der Waals surface area contributed by atoms with Gasteiger partial charge in [0.15, 0.2) is 0 Å². The summed E-state index contributed by atoms with van der Waals surface area (Å²) >= 11 is 1.19. The molecule has 5 nitrogen and oxygen atoms in total. The van der Waals surface area contributed by atoms with Gasteiger partial charge in [0.05, 0.1) is 11.7 Å². The predicted molar refractivity (Wildman–Crippen MR) is 73.0 cm³/mol. The lowest BCUT2D eigenvalue weighted by atomic mass is 10.2. The fraction of sp³-hybridized carbons (Fsp3) is 0.308. The minimum absolute atomic E-state index is 0.0657. The van der Waals surface area contributed by atoms with E-state index in [2.05, 4.69) is 5.32 Å². The Bertz CT molecular complexity index is 461. The van der Waals surface area contributed by atoms with Gasteiger partial charge in [-0.2, -0.15) is 11.8 Å². The van der Waals surface area contributed by atoms with Crippen LogP contribution < -0.4 is 5.32 Å². The van der Waals surface area contributed by atoms with Crippen LogP contribution in [-0.2, 0) is 9.59 Å². The topological polar surface area (TPSA) is 83.5 Å². The lowest BCUT2D eigenvalue weighted by molar-refractivity contribution is -0.140. The summed E-state index contributed by atoms with van der Waals surface area (Å²) in [4.78, 5) is 33.7. The van der Waals surface area contributed by atoms with Gasteiger partial charge in [-0.05, 0) is 12.1 Å². The highest BCUT2D eigenvalue weighted by molar-refractivity contribution is 7.99. The van der Waals surface area contributed by atoms with Gasteiger partial charge in [0, 0.05) is 11.3 Å². The van der Waals surface area contributed by atoms with Crippen LogP contribution in [-0.4, -0.2) is 34.4 Å². The van der Waals surface area contributed by atoms with E-state index in [-0.39, 0.29) is 5.75 Å². The minimum atomic E-state index is -0.895. The molecule has 0 bridgehead atoms. The Morgan fingerprint density at radius 1 is 1.26 bits per heavy atom. The first-order valence-electron chi connectivity index (χ1n) is 5.70. The number of hydrogen-bond donors (Lipinski definition) is 2. The number of amides is 2. The van der Waals surface area contributed by atoms with E-state index in [4.69, 9.17) is 5.11 Å². The number of imide groups is 1. The Labute approximate surface area is 115 Å². The molecule has 1 rings (SSSR count). The van der Waals surface area contributed by atoms with Gasteiger partial charge in [-0.25, -0.2) is 0 Å². The monoisotopic (exact) mass is 281 g/mol.